The molecular formula is C16H24N2O4S. The van der Waals surface area contributed by atoms with Crippen molar-refractivity contribution in [2.45, 2.75) is 44.1 Å². The number of rotatable bonds is 7. The second-order valence-electron chi connectivity index (χ2n) is 5.87. The van der Waals surface area contributed by atoms with E-state index in [1.807, 2.05) is 13.8 Å². The van der Waals surface area contributed by atoms with Crippen molar-refractivity contribution >= 4 is 15.9 Å². The Morgan fingerprint density at radius 1 is 1.22 bits per heavy atom. The number of amides is 1. The zero-order valence-corrected chi connectivity index (χ0v) is 14.4. The molecule has 6 nitrogen and oxygen atoms in total. The Kier molecular flexibility index (Phi) is 6.01. The summed E-state index contributed by atoms with van der Waals surface area (Å²) in [7, 11) is -3.57. The minimum Gasteiger partial charge on any atom is -0.491 e. The van der Waals surface area contributed by atoms with E-state index < -0.39 is 10.0 Å². The first-order valence-corrected chi connectivity index (χ1v) is 9.41. The SMILES string of the molecule is CC(C)Oc1ccc(S(=O)(=O)NCCN2CCCCC2=O)cc1. The quantitative estimate of drug-likeness (QED) is 0.821. The first-order valence-electron chi connectivity index (χ1n) is 7.92. The van der Waals surface area contributed by atoms with Crippen LogP contribution in [0.1, 0.15) is 33.1 Å². The molecule has 23 heavy (non-hydrogen) atoms. The number of sulfonamides is 1. The van der Waals surface area contributed by atoms with Gasteiger partial charge in [-0.1, -0.05) is 0 Å². The fourth-order valence-electron chi connectivity index (χ4n) is 2.47. The van der Waals surface area contributed by atoms with Crippen LogP contribution < -0.4 is 9.46 Å². The van der Waals surface area contributed by atoms with Gasteiger partial charge in [-0.25, -0.2) is 13.1 Å². The van der Waals surface area contributed by atoms with E-state index in [2.05, 4.69) is 4.72 Å². The number of likely N-dealkylation sites (tertiary alicyclic amines) is 1. The lowest BCUT2D eigenvalue weighted by molar-refractivity contribution is -0.133. The number of ether oxygens (including phenoxy) is 1. The Bertz CT molecular complexity index is 626. The number of benzene rings is 1. The van der Waals surface area contributed by atoms with E-state index in [9.17, 15) is 13.2 Å². The number of piperidine rings is 1. The van der Waals surface area contributed by atoms with Crippen LogP contribution in [-0.4, -0.2) is 45.0 Å². The van der Waals surface area contributed by atoms with Crippen LogP contribution in [-0.2, 0) is 14.8 Å². The molecule has 1 fully saturated rings. The van der Waals surface area contributed by atoms with E-state index in [0.29, 0.717) is 25.3 Å². The molecule has 1 N–H and O–H groups in total. The van der Waals surface area contributed by atoms with Crippen LogP contribution in [0.3, 0.4) is 0 Å². The predicted octanol–water partition coefficient (Wildman–Crippen LogP) is 1.76. The summed E-state index contributed by atoms with van der Waals surface area (Å²) < 4.78 is 32.5. The van der Waals surface area contributed by atoms with Crippen molar-refractivity contribution in [1.82, 2.24) is 9.62 Å². The molecule has 0 saturated carbocycles. The molecule has 7 heteroatoms. The molecule has 0 radical (unpaired) electrons. The number of carbonyl (C=O) groups is 1. The summed E-state index contributed by atoms with van der Waals surface area (Å²) >= 11 is 0. The molecule has 1 amide bonds. The lowest BCUT2D eigenvalue weighted by Gasteiger charge is -2.26. The van der Waals surface area contributed by atoms with E-state index in [1.165, 1.54) is 12.1 Å². The van der Waals surface area contributed by atoms with E-state index in [0.717, 1.165) is 12.8 Å². The molecule has 0 unspecified atom stereocenters. The highest BCUT2D eigenvalue weighted by Crippen LogP contribution is 2.17. The molecular weight excluding hydrogens is 316 g/mol. The smallest absolute Gasteiger partial charge is 0.240 e. The van der Waals surface area contributed by atoms with Crippen molar-refractivity contribution in [3.05, 3.63) is 24.3 Å². The molecule has 2 rings (SSSR count). The number of nitrogens with one attached hydrogen (secondary N) is 1. The van der Waals surface area contributed by atoms with Crippen LogP contribution in [0, 0.1) is 0 Å². The summed E-state index contributed by atoms with van der Waals surface area (Å²) in [5, 5.41) is 0. The van der Waals surface area contributed by atoms with Crippen LogP contribution >= 0.6 is 0 Å². The highest BCUT2D eigenvalue weighted by atomic mass is 32.2. The van der Waals surface area contributed by atoms with E-state index in [1.54, 1.807) is 17.0 Å². The molecule has 0 bridgehead atoms. The first kappa shape index (κ1) is 17.7. The van der Waals surface area contributed by atoms with Crippen LogP contribution in [0.15, 0.2) is 29.2 Å². The average molecular weight is 340 g/mol. The number of nitrogens with zero attached hydrogens (tertiary/aromatic N) is 1. The van der Waals surface area contributed by atoms with Crippen molar-refractivity contribution < 1.29 is 17.9 Å². The maximum Gasteiger partial charge on any atom is 0.240 e. The minimum absolute atomic E-state index is 0.0395. The molecule has 1 aliphatic rings. The Hall–Kier alpha value is -1.60. The van der Waals surface area contributed by atoms with Gasteiger partial charge < -0.3 is 9.64 Å². The van der Waals surface area contributed by atoms with Gasteiger partial charge in [0.2, 0.25) is 15.9 Å². The normalized spacial score (nSPS) is 16.0. The van der Waals surface area contributed by atoms with E-state index in [-0.39, 0.29) is 23.5 Å². The molecule has 1 saturated heterocycles. The van der Waals surface area contributed by atoms with Gasteiger partial charge in [0.05, 0.1) is 11.0 Å². The van der Waals surface area contributed by atoms with Gasteiger partial charge >= 0.3 is 0 Å². The lowest BCUT2D eigenvalue weighted by Crippen LogP contribution is -2.41. The zero-order valence-electron chi connectivity index (χ0n) is 13.6. The Morgan fingerprint density at radius 3 is 2.52 bits per heavy atom. The van der Waals surface area contributed by atoms with Crippen LogP contribution in [0.25, 0.3) is 0 Å². The van der Waals surface area contributed by atoms with Crippen molar-refractivity contribution in [3.63, 3.8) is 0 Å². The molecule has 0 spiro atoms. The van der Waals surface area contributed by atoms with Crippen LogP contribution in [0.2, 0.25) is 0 Å². The van der Waals surface area contributed by atoms with Crippen molar-refractivity contribution in [2.75, 3.05) is 19.6 Å². The molecule has 1 aromatic rings. The third-order valence-corrected chi connectivity index (χ3v) is 5.08. The topological polar surface area (TPSA) is 75.7 Å². The Morgan fingerprint density at radius 2 is 1.91 bits per heavy atom. The largest absolute Gasteiger partial charge is 0.491 e. The Labute approximate surface area is 137 Å². The Balaban J connectivity index is 1.89. The maximum absolute atomic E-state index is 12.2. The van der Waals surface area contributed by atoms with Crippen LogP contribution in [0.4, 0.5) is 0 Å². The monoisotopic (exact) mass is 340 g/mol. The van der Waals surface area contributed by atoms with Gasteiger partial charge in [0.25, 0.3) is 0 Å². The molecule has 128 valence electrons. The summed E-state index contributed by atoms with van der Waals surface area (Å²) in [6, 6.07) is 6.32. The summed E-state index contributed by atoms with van der Waals surface area (Å²) in [4.78, 5) is 13.6. The number of hydrogen-bond acceptors (Lipinski definition) is 4. The standard InChI is InChI=1S/C16H24N2O4S/c1-13(2)22-14-6-8-15(9-7-14)23(20,21)17-10-12-18-11-4-3-5-16(18)19/h6-9,13,17H,3-5,10-12H2,1-2H3. The minimum atomic E-state index is -3.57. The molecule has 0 aliphatic carbocycles. The fourth-order valence-corrected chi connectivity index (χ4v) is 3.49. The van der Waals surface area contributed by atoms with Gasteiger partial charge in [0, 0.05) is 26.1 Å². The van der Waals surface area contributed by atoms with E-state index >= 15 is 0 Å². The van der Waals surface area contributed by atoms with Crippen molar-refractivity contribution in [3.8, 4) is 5.75 Å². The van der Waals surface area contributed by atoms with Crippen molar-refractivity contribution in [1.29, 1.82) is 0 Å². The highest BCUT2D eigenvalue weighted by Gasteiger charge is 2.19. The summed E-state index contributed by atoms with van der Waals surface area (Å²) in [6.45, 7) is 5.16. The fraction of sp³-hybridized carbons (Fsp3) is 0.562. The maximum atomic E-state index is 12.2. The van der Waals surface area contributed by atoms with E-state index in [4.69, 9.17) is 4.74 Å². The number of carbonyl (C=O) groups excluding carboxylic acids is 1. The molecule has 0 atom stereocenters. The van der Waals surface area contributed by atoms with Gasteiger partial charge in [0.1, 0.15) is 5.75 Å². The van der Waals surface area contributed by atoms with Crippen LogP contribution in [0.5, 0.6) is 5.75 Å². The number of hydrogen-bond donors (Lipinski definition) is 1. The average Bonchev–Trinajstić information content (AvgIpc) is 2.49. The third kappa shape index (κ3) is 5.21. The summed E-state index contributed by atoms with van der Waals surface area (Å²) in [6.07, 6.45) is 2.50. The lowest BCUT2D eigenvalue weighted by atomic mass is 10.1. The predicted molar refractivity (Wildman–Crippen MR) is 87.8 cm³/mol. The van der Waals surface area contributed by atoms with Crippen molar-refractivity contribution in [2.24, 2.45) is 0 Å². The zero-order chi connectivity index (χ0) is 16.9. The second kappa shape index (κ2) is 7.79. The molecule has 1 aromatic carbocycles. The van der Waals surface area contributed by atoms with Gasteiger partial charge in [-0.05, 0) is 51.0 Å². The van der Waals surface area contributed by atoms with Gasteiger partial charge in [0.15, 0.2) is 0 Å². The first-order chi connectivity index (χ1) is 10.9. The van der Waals surface area contributed by atoms with Gasteiger partial charge in [-0.2, -0.15) is 0 Å². The second-order valence-corrected chi connectivity index (χ2v) is 7.64. The van der Waals surface area contributed by atoms with Gasteiger partial charge in [-0.3, -0.25) is 4.79 Å². The summed E-state index contributed by atoms with van der Waals surface area (Å²) in [5.74, 6) is 0.739. The molecule has 1 heterocycles. The van der Waals surface area contributed by atoms with Gasteiger partial charge in [-0.15, -0.1) is 0 Å². The summed E-state index contributed by atoms with van der Waals surface area (Å²) in [5.41, 5.74) is 0. The highest BCUT2D eigenvalue weighted by molar-refractivity contribution is 7.89. The molecule has 1 aliphatic heterocycles. The third-order valence-electron chi connectivity index (χ3n) is 3.60. The molecule has 0 aromatic heterocycles.